The highest BCUT2D eigenvalue weighted by Crippen LogP contribution is 2.32. The van der Waals surface area contributed by atoms with Gasteiger partial charge >= 0.3 is 0 Å². The van der Waals surface area contributed by atoms with E-state index in [-0.39, 0.29) is 10.7 Å². The van der Waals surface area contributed by atoms with E-state index < -0.39 is 4.92 Å². The van der Waals surface area contributed by atoms with Crippen LogP contribution in [0, 0.1) is 17.0 Å². The molecule has 0 fully saturated rings. The number of benzene rings is 1. The minimum atomic E-state index is -0.452. The zero-order valence-corrected chi connectivity index (χ0v) is 9.22. The van der Waals surface area contributed by atoms with E-state index >= 15 is 0 Å². The molecule has 0 unspecified atom stereocenters. The largest absolute Gasteiger partial charge is 0.292 e. The first kappa shape index (κ1) is 10.5. The van der Waals surface area contributed by atoms with Gasteiger partial charge in [-0.1, -0.05) is 39.7 Å². The van der Waals surface area contributed by atoms with Crippen LogP contribution in [-0.2, 0) is 5.33 Å². The van der Waals surface area contributed by atoms with E-state index in [1.165, 1.54) is 0 Å². The van der Waals surface area contributed by atoms with E-state index in [1.54, 1.807) is 19.1 Å². The van der Waals surface area contributed by atoms with E-state index in [0.29, 0.717) is 10.9 Å². The van der Waals surface area contributed by atoms with Gasteiger partial charge in [0.2, 0.25) is 0 Å². The van der Waals surface area contributed by atoms with Gasteiger partial charge in [0, 0.05) is 10.9 Å². The summed E-state index contributed by atoms with van der Waals surface area (Å²) in [6.07, 6.45) is 0. The minimum Gasteiger partial charge on any atom is -0.258 e. The topological polar surface area (TPSA) is 43.1 Å². The van der Waals surface area contributed by atoms with Crippen LogP contribution in [0.5, 0.6) is 0 Å². The maximum atomic E-state index is 10.7. The average molecular weight is 265 g/mol. The number of nitro benzene ring substituents is 1. The van der Waals surface area contributed by atoms with Gasteiger partial charge in [-0.15, -0.1) is 0 Å². The first-order chi connectivity index (χ1) is 6.07. The number of nitrogens with zero attached hydrogens (tertiary/aromatic N) is 1. The summed E-state index contributed by atoms with van der Waals surface area (Å²) in [6.45, 7) is 1.74. The molecule has 0 N–H and O–H groups in total. The quantitative estimate of drug-likeness (QED) is 0.466. The number of halogens is 2. The molecule has 0 atom stereocenters. The third kappa shape index (κ3) is 2.00. The van der Waals surface area contributed by atoms with Crippen molar-refractivity contribution in [3.8, 4) is 0 Å². The lowest BCUT2D eigenvalue weighted by atomic mass is 10.1. The summed E-state index contributed by atoms with van der Waals surface area (Å²) >= 11 is 8.98. The number of nitro groups is 1. The maximum absolute atomic E-state index is 10.7. The lowest BCUT2D eigenvalue weighted by molar-refractivity contribution is -0.385. The van der Waals surface area contributed by atoms with Crippen molar-refractivity contribution in [1.82, 2.24) is 0 Å². The molecule has 1 aromatic rings. The summed E-state index contributed by atoms with van der Waals surface area (Å²) in [7, 11) is 0. The second-order valence-electron chi connectivity index (χ2n) is 2.59. The van der Waals surface area contributed by atoms with Gasteiger partial charge in [-0.2, -0.15) is 0 Å². The fourth-order valence-corrected chi connectivity index (χ4v) is 1.72. The Labute approximate surface area is 89.0 Å². The van der Waals surface area contributed by atoms with E-state index in [2.05, 4.69) is 15.9 Å². The highest BCUT2D eigenvalue weighted by Gasteiger charge is 2.19. The van der Waals surface area contributed by atoms with Crippen molar-refractivity contribution in [2.24, 2.45) is 0 Å². The van der Waals surface area contributed by atoms with Gasteiger partial charge in [0.15, 0.2) is 0 Å². The molecule has 1 rings (SSSR count). The molecule has 70 valence electrons. The monoisotopic (exact) mass is 263 g/mol. The Balaban J connectivity index is 3.41. The fourth-order valence-electron chi connectivity index (χ4n) is 1.01. The Morgan fingerprint density at radius 3 is 2.69 bits per heavy atom. The molecule has 0 saturated carbocycles. The van der Waals surface area contributed by atoms with Crippen LogP contribution in [0.1, 0.15) is 11.1 Å². The molecule has 1 aromatic carbocycles. The van der Waals surface area contributed by atoms with E-state index in [1.807, 2.05) is 0 Å². The molecule has 5 heteroatoms. The molecule has 0 heterocycles. The SMILES string of the molecule is Cc1ccc(CBr)c([N+](=O)[O-])c1Cl. The first-order valence-corrected chi connectivity index (χ1v) is 5.06. The fraction of sp³-hybridized carbons (Fsp3) is 0.250. The molecule has 0 aliphatic rings. The Morgan fingerprint density at radius 1 is 1.62 bits per heavy atom. The van der Waals surface area contributed by atoms with Crippen molar-refractivity contribution in [2.75, 3.05) is 0 Å². The third-order valence-electron chi connectivity index (χ3n) is 1.72. The Kier molecular flexibility index (Phi) is 3.27. The van der Waals surface area contributed by atoms with E-state index in [0.717, 1.165) is 5.56 Å². The highest BCUT2D eigenvalue weighted by molar-refractivity contribution is 9.08. The van der Waals surface area contributed by atoms with Gasteiger partial charge in [-0.3, -0.25) is 10.1 Å². The van der Waals surface area contributed by atoms with Gasteiger partial charge in [0.25, 0.3) is 5.69 Å². The van der Waals surface area contributed by atoms with Crippen molar-refractivity contribution in [3.05, 3.63) is 38.4 Å². The van der Waals surface area contributed by atoms with Gasteiger partial charge in [0.05, 0.1) is 4.92 Å². The molecule has 13 heavy (non-hydrogen) atoms. The standard InChI is InChI=1S/C8H7BrClNO2/c1-5-2-3-6(4-9)8(7(5)10)11(12)13/h2-3H,4H2,1H3. The molecular formula is C8H7BrClNO2. The summed E-state index contributed by atoms with van der Waals surface area (Å²) in [6, 6.07) is 3.47. The predicted octanol–water partition coefficient (Wildman–Crippen LogP) is 3.45. The summed E-state index contributed by atoms with van der Waals surface area (Å²) in [4.78, 5) is 10.2. The normalized spacial score (nSPS) is 10.1. The number of alkyl halides is 1. The van der Waals surface area contributed by atoms with Crippen molar-refractivity contribution < 1.29 is 4.92 Å². The first-order valence-electron chi connectivity index (χ1n) is 3.56. The van der Waals surface area contributed by atoms with Crippen LogP contribution in [-0.4, -0.2) is 4.92 Å². The number of hydrogen-bond donors (Lipinski definition) is 0. The van der Waals surface area contributed by atoms with Crippen molar-refractivity contribution in [3.63, 3.8) is 0 Å². The maximum Gasteiger partial charge on any atom is 0.292 e. The molecule has 0 amide bonds. The lowest BCUT2D eigenvalue weighted by Gasteiger charge is -2.03. The van der Waals surface area contributed by atoms with Crippen molar-refractivity contribution >= 4 is 33.2 Å². The van der Waals surface area contributed by atoms with Gasteiger partial charge < -0.3 is 0 Å². The highest BCUT2D eigenvalue weighted by atomic mass is 79.9. The molecule has 0 aliphatic carbocycles. The van der Waals surface area contributed by atoms with Crippen molar-refractivity contribution in [1.29, 1.82) is 0 Å². The average Bonchev–Trinajstić information content (AvgIpc) is 2.08. The molecule has 0 radical (unpaired) electrons. The Morgan fingerprint density at radius 2 is 2.23 bits per heavy atom. The summed E-state index contributed by atoms with van der Waals surface area (Å²) < 4.78 is 0. The molecule has 0 spiro atoms. The summed E-state index contributed by atoms with van der Waals surface area (Å²) in [5, 5.41) is 11.3. The predicted molar refractivity (Wildman–Crippen MR) is 55.5 cm³/mol. The molecular weight excluding hydrogens is 257 g/mol. The molecule has 0 saturated heterocycles. The van der Waals surface area contributed by atoms with Gasteiger partial charge in [-0.25, -0.2) is 0 Å². The van der Waals surface area contributed by atoms with Crippen LogP contribution < -0.4 is 0 Å². The van der Waals surface area contributed by atoms with Crippen LogP contribution >= 0.6 is 27.5 Å². The van der Waals surface area contributed by atoms with E-state index in [4.69, 9.17) is 11.6 Å². The van der Waals surface area contributed by atoms with Gasteiger partial charge in [-0.05, 0) is 12.5 Å². The summed E-state index contributed by atoms with van der Waals surface area (Å²) in [5.41, 5.74) is 1.32. The van der Waals surface area contributed by atoms with Crippen LogP contribution in [0.2, 0.25) is 5.02 Å². The van der Waals surface area contributed by atoms with Crippen LogP contribution in [0.3, 0.4) is 0 Å². The Bertz CT molecular complexity index is 354. The summed E-state index contributed by atoms with van der Waals surface area (Å²) in [5.74, 6) is 0. The molecule has 0 aliphatic heterocycles. The number of hydrogen-bond acceptors (Lipinski definition) is 2. The number of aryl methyl sites for hydroxylation is 1. The van der Waals surface area contributed by atoms with Crippen LogP contribution in [0.15, 0.2) is 12.1 Å². The zero-order chi connectivity index (χ0) is 10.0. The second-order valence-corrected chi connectivity index (χ2v) is 3.53. The molecule has 3 nitrogen and oxygen atoms in total. The van der Waals surface area contributed by atoms with Crippen molar-refractivity contribution in [2.45, 2.75) is 12.3 Å². The van der Waals surface area contributed by atoms with E-state index in [9.17, 15) is 10.1 Å². The number of rotatable bonds is 2. The Hall–Kier alpha value is -0.610. The molecule has 0 aromatic heterocycles. The van der Waals surface area contributed by atoms with Crippen LogP contribution in [0.4, 0.5) is 5.69 Å². The van der Waals surface area contributed by atoms with Gasteiger partial charge in [0.1, 0.15) is 5.02 Å². The smallest absolute Gasteiger partial charge is 0.258 e. The lowest BCUT2D eigenvalue weighted by Crippen LogP contribution is -1.95. The minimum absolute atomic E-state index is 0.00135. The second kappa shape index (κ2) is 4.07. The zero-order valence-electron chi connectivity index (χ0n) is 6.88. The van der Waals surface area contributed by atoms with Crippen LogP contribution in [0.25, 0.3) is 0 Å². The third-order valence-corrected chi connectivity index (χ3v) is 2.80. The molecule has 0 bridgehead atoms.